The van der Waals surface area contributed by atoms with E-state index in [-0.39, 0.29) is 18.1 Å². The Morgan fingerprint density at radius 1 is 1.24 bits per heavy atom. The van der Waals surface area contributed by atoms with Gasteiger partial charge in [0.1, 0.15) is 5.78 Å². The Labute approximate surface area is 132 Å². The Bertz CT molecular complexity index is 663. The number of hydrogen-bond donors (Lipinski definition) is 0. The first-order valence-corrected chi connectivity index (χ1v) is 7.70. The molecule has 0 spiro atoms. The average molecular weight is 325 g/mol. The van der Waals surface area contributed by atoms with Crippen LogP contribution in [0.2, 0.25) is 10.0 Å². The third kappa shape index (κ3) is 3.27. The van der Waals surface area contributed by atoms with Crippen molar-refractivity contribution in [2.45, 2.75) is 32.1 Å². The molecule has 1 aromatic heterocycles. The minimum atomic E-state index is 0.158. The molecule has 0 atom stereocenters. The third-order valence-electron chi connectivity index (χ3n) is 3.78. The van der Waals surface area contributed by atoms with Gasteiger partial charge in [-0.25, -0.2) is 0 Å². The van der Waals surface area contributed by atoms with Crippen molar-refractivity contribution in [2.24, 2.45) is 5.92 Å². The van der Waals surface area contributed by atoms with Crippen molar-refractivity contribution in [1.82, 2.24) is 10.1 Å². The largest absolute Gasteiger partial charge is 0.339 e. The van der Waals surface area contributed by atoms with Crippen molar-refractivity contribution in [2.75, 3.05) is 0 Å². The average Bonchev–Trinajstić information content (AvgIpc) is 3.12. The minimum absolute atomic E-state index is 0.158. The van der Waals surface area contributed by atoms with Crippen LogP contribution < -0.4 is 0 Å². The molecule has 110 valence electrons. The zero-order chi connectivity index (χ0) is 14.8. The van der Waals surface area contributed by atoms with Crippen molar-refractivity contribution >= 4 is 29.0 Å². The fourth-order valence-electron chi connectivity index (χ4n) is 2.62. The first-order chi connectivity index (χ1) is 10.1. The molecule has 0 saturated heterocycles. The third-order valence-corrected chi connectivity index (χ3v) is 4.52. The van der Waals surface area contributed by atoms with E-state index in [1.807, 2.05) is 0 Å². The van der Waals surface area contributed by atoms with Crippen LogP contribution in [0.4, 0.5) is 0 Å². The summed E-state index contributed by atoms with van der Waals surface area (Å²) < 4.78 is 5.16. The molecule has 21 heavy (non-hydrogen) atoms. The van der Waals surface area contributed by atoms with E-state index in [0.29, 0.717) is 27.3 Å². The molecule has 3 rings (SSSR count). The van der Waals surface area contributed by atoms with Crippen LogP contribution in [0.1, 0.15) is 31.6 Å². The van der Waals surface area contributed by atoms with Crippen LogP contribution in [0, 0.1) is 5.92 Å². The maximum atomic E-state index is 12.1. The van der Waals surface area contributed by atoms with Crippen molar-refractivity contribution < 1.29 is 9.32 Å². The van der Waals surface area contributed by atoms with Gasteiger partial charge < -0.3 is 4.52 Å². The minimum Gasteiger partial charge on any atom is -0.339 e. The molecule has 0 N–H and O–H groups in total. The highest BCUT2D eigenvalue weighted by Crippen LogP contribution is 2.28. The first-order valence-electron chi connectivity index (χ1n) is 6.94. The molecule has 2 aromatic rings. The molecule has 1 heterocycles. The van der Waals surface area contributed by atoms with Gasteiger partial charge in [-0.05, 0) is 31.0 Å². The Hall–Kier alpha value is -1.39. The molecule has 0 unspecified atom stereocenters. The van der Waals surface area contributed by atoms with Crippen LogP contribution in [0.15, 0.2) is 22.7 Å². The molecule has 4 nitrogen and oxygen atoms in total. The summed E-state index contributed by atoms with van der Waals surface area (Å²) in [5.41, 5.74) is 0.715. The van der Waals surface area contributed by atoms with Crippen LogP contribution in [-0.2, 0) is 11.2 Å². The predicted octanol–water partition coefficient (Wildman–Crippen LogP) is 4.35. The van der Waals surface area contributed by atoms with Gasteiger partial charge in [-0.2, -0.15) is 4.98 Å². The van der Waals surface area contributed by atoms with E-state index in [0.717, 1.165) is 25.7 Å². The quantitative estimate of drug-likeness (QED) is 0.839. The predicted molar refractivity (Wildman–Crippen MR) is 80.4 cm³/mol. The number of carbonyl (C=O) groups is 1. The number of aromatic nitrogens is 2. The molecule has 0 bridgehead atoms. The number of Topliss-reactive ketones (excluding diaryl/α,β-unsaturated/α-hetero) is 1. The lowest BCUT2D eigenvalue weighted by Crippen LogP contribution is -2.13. The SMILES string of the molecule is O=C(Cc1nc(-c2ccc(Cl)c(Cl)c2)no1)C1CCCC1. The number of hydrogen-bond acceptors (Lipinski definition) is 4. The van der Waals surface area contributed by atoms with Crippen LogP contribution >= 0.6 is 23.2 Å². The molecule has 1 fully saturated rings. The number of halogens is 2. The lowest BCUT2D eigenvalue weighted by molar-refractivity contribution is -0.122. The summed E-state index contributed by atoms with van der Waals surface area (Å²) in [7, 11) is 0. The maximum absolute atomic E-state index is 12.1. The molecular formula is C15H14Cl2N2O2. The highest BCUT2D eigenvalue weighted by atomic mass is 35.5. The number of carbonyl (C=O) groups excluding carboxylic acids is 1. The van der Waals surface area contributed by atoms with Gasteiger partial charge in [-0.3, -0.25) is 4.79 Å². The highest BCUT2D eigenvalue weighted by Gasteiger charge is 2.24. The lowest BCUT2D eigenvalue weighted by Gasteiger charge is -2.04. The van der Waals surface area contributed by atoms with Crippen LogP contribution in [-0.4, -0.2) is 15.9 Å². The van der Waals surface area contributed by atoms with Gasteiger partial charge in [-0.15, -0.1) is 0 Å². The summed E-state index contributed by atoms with van der Waals surface area (Å²) in [5, 5.41) is 4.80. The number of nitrogens with zero attached hydrogens (tertiary/aromatic N) is 2. The Balaban J connectivity index is 1.73. The highest BCUT2D eigenvalue weighted by molar-refractivity contribution is 6.42. The number of rotatable bonds is 4. The molecule has 1 aliphatic rings. The number of ketones is 1. The standard InChI is InChI=1S/C15H14Cl2N2O2/c16-11-6-5-10(7-12(11)17)15-18-14(21-19-15)8-13(20)9-3-1-2-4-9/h5-7,9H,1-4,8H2. The van der Waals surface area contributed by atoms with Gasteiger partial charge in [0.15, 0.2) is 0 Å². The van der Waals surface area contributed by atoms with Gasteiger partial charge in [0.2, 0.25) is 11.7 Å². The second kappa shape index (κ2) is 6.16. The summed E-state index contributed by atoms with van der Waals surface area (Å²) >= 11 is 11.8. The van der Waals surface area contributed by atoms with E-state index >= 15 is 0 Å². The molecule has 1 saturated carbocycles. The zero-order valence-corrected chi connectivity index (χ0v) is 12.8. The number of benzene rings is 1. The van der Waals surface area contributed by atoms with Gasteiger partial charge in [0.25, 0.3) is 0 Å². The monoisotopic (exact) mass is 324 g/mol. The van der Waals surface area contributed by atoms with E-state index in [1.165, 1.54) is 0 Å². The zero-order valence-electron chi connectivity index (χ0n) is 11.3. The first kappa shape index (κ1) is 14.5. The Morgan fingerprint density at radius 3 is 2.71 bits per heavy atom. The van der Waals surface area contributed by atoms with Gasteiger partial charge >= 0.3 is 0 Å². The normalized spacial score (nSPS) is 15.5. The summed E-state index contributed by atoms with van der Waals surface area (Å²) in [6.45, 7) is 0. The van der Waals surface area contributed by atoms with Crippen molar-refractivity contribution in [3.05, 3.63) is 34.1 Å². The Kier molecular flexibility index (Phi) is 4.27. The molecule has 1 aromatic carbocycles. The van der Waals surface area contributed by atoms with Crippen LogP contribution in [0.5, 0.6) is 0 Å². The summed E-state index contributed by atoms with van der Waals surface area (Å²) in [6, 6.07) is 5.12. The van der Waals surface area contributed by atoms with Crippen molar-refractivity contribution in [1.29, 1.82) is 0 Å². The fraction of sp³-hybridized carbons (Fsp3) is 0.400. The van der Waals surface area contributed by atoms with Gasteiger partial charge in [0, 0.05) is 11.5 Å². The van der Waals surface area contributed by atoms with Gasteiger partial charge in [-0.1, -0.05) is 41.2 Å². The van der Waals surface area contributed by atoms with E-state index in [1.54, 1.807) is 18.2 Å². The van der Waals surface area contributed by atoms with E-state index in [2.05, 4.69) is 10.1 Å². The second-order valence-corrected chi connectivity index (χ2v) is 6.08. The summed E-state index contributed by atoms with van der Waals surface area (Å²) in [5.74, 6) is 1.12. The molecular weight excluding hydrogens is 311 g/mol. The summed E-state index contributed by atoms with van der Waals surface area (Å²) in [4.78, 5) is 16.4. The van der Waals surface area contributed by atoms with Crippen molar-refractivity contribution in [3.8, 4) is 11.4 Å². The Morgan fingerprint density at radius 2 is 2.00 bits per heavy atom. The molecule has 0 amide bonds. The van der Waals surface area contributed by atoms with Crippen molar-refractivity contribution in [3.63, 3.8) is 0 Å². The fourth-order valence-corrected chi connectivity index (χ4v) is 2.92. The molecule has 6 heteroatoms. The molecule has 1 aliphatic carbocycles. The summed E-state index contributed by atoms with van der Waals surface area (Å²) in [6.07, 6.45) is 4.43. The second-order valence-electron chi connectivity index (χ2n) is 5.27. The van der Waals surface area contributed by atoms with E-state index in [4.69, 9.17) is 27.7 Å². The van der Waals surface area contributed by atoms with Crippen LogP contribution in [0.25, 0.3) is 11.4 Å². The lowest BCUT2D eigenvalue weighted by atomic mass is 10.0. The molecule has 0 aliphatic heterocycles. The van der Waals surface area contributed by atoms with Gasteiger partial charge in [0.05, 0.1) is 16.5 Å². The smallest absolute Gasteiger partial charge is 0.234 e. The van der Waals surface area contributed by atoms with E-state index in [9.17, 15) is 4.79 Å². The topological polar surface area (TPSA) is 56.0 Å². The van der Waals surface area contributed by atoms with E-state index < -0.39 is 0 Å². The maximum Gasteiger partial charge on any atom is 0.234 e. The van der Waals surface area contributed by atoms with Crippen LogP contribution in [0.3, 0.4) is 0 Å². The molecule has 0 radical (unpaired) electrons.